The molecule has 3 N–H and O–H groups in total. The van der Waals surface area contributed by atoms with Crippen LogP contribution < -0.4 is 10.0 Å². The number of nitrogens with one attached hydrogen (secondary N) is 2. The molecular formula is C29H33N5O5S. The second-order valence-corrected chi connectivity index (χ2v) is 11.6. The van der Waals surface area contributed by atoms with E-state index in [9.17, 15) is 13.2 Å². The summed E-state index contributed by atoms with van der Waals surface area (Å²) in [7, 11) is -3.91. The Morgan fingerprint density at radius 2 is 1.70 bits per heavy atom. The van der Waals surface area contributed by atoms with Crippen LogP contribution in [0.2, 0.25) is 0 Å². The summed E-state index contributed by atoms with van der Waals surface area (Å²) in [6.07, 6.45) is 4.01. The van der Waals surface area contributed by atoms with Gasteiger partial charge >= 0.3 is 6.03 Å². The lowest BCUT2D eigenvalue weighted by atomic mass is 10.1. The Kier molecular flexibility index (Phi) is 8.83. The van der Waals surface area contributed by atoms with Gasteiger partial charge in [-0.2, -0.15) is 0 Å². The highest BCUT2D eigenvalue weighted by molar-refractivity contribution is 7.90. The molecule has 0 radical (unpaired) electrons. The number of fused-ring (bicyclic) bond motifs is 1. The van der Waals surface area contributed by atoms with E-state index in [1.54, 1.807) is 12.1 Å². The third-order valence-electron chi connectivity index (χ3n) is 6.62. The molecule has 1 aliphatic carbocycles. The number of aryl methyl sites for hydroxylation is 3. The van der Waals surface area contributed by atoms with E-state index in [1.165, 1.54) is 25.0 Å². The molecule has 0 atom stereocenters. The Balaban J connectivity index is 0.00000118. The minimum Gasteiger partial charge on any atom is -0.483 e. The lowest BCUT2D eigenvalue weighted by Crippen LogP contribution is -2.40. The van der Waals surface area contributed by atoms with E-state index in [2.05, 4.69) is 27.6 Å². The van der Waals surface area contributed by atoms with Gasteiger partial charge in [0.15, 0.2) is 5.65 Å². The Morgan fingerprint density at radius 3 is 2.33 bits per heavy atom. The maximum absolute atomic E-state index is 12.4. The first-order chi connectivity index (χ1) is 19.1. The number of nitrogens with zero attached hydrogens (tertiary/aromatic N) is 3. The first kappa shape index (κ1) is 28.8. The van der Waals surface area contributed by atoms with E-state index in [0.29, 0.717) is 18.9 Å². The molecule has 5 rings (SSSR count). The molecule has 0 bridgehead atoms. The van der Waals surface area contributed by atoms with Crippen LogP contribution in [0.1, 0.15) is 41.1 Å². The van der Waals surface area contributed by atoms with Gasteiger partial charge in [-0.15, -0.1) is 0 Å². The molecule has 0 unspecified atom stereocenters. The minimum absolute atomic E-state index is 0.0526. The second-order valence-electron chi connectivity index (χ2n) is 9.96. The Labute approximate surface area is 233 Å². The van der Waals surface area contributed by atoms with Crippen LogP contribution in [0.25, 0.3) is 16.9 Å². The highest BCUT2D eigenvalue weighted by atomic mass is 32.2. The molecule has 10 nitrogen and oxygen atoms in total. The van der Waals surface area contributed by atoms with Gasteiger partial charge in [-0.05, 0) is 87.4 Å². The number of benzene rings is 2. The topological polar surface area (TPSA) is 143 Å². The molecule has 1 fully saturated rings. The van der Waals surface area contributed by atoms with Gasteiger partial charge in [0.2, 0.25) is 0 Å². The number of pyridine rings is 1. The predicted octanol–water partition coefficient (Wildman–Crippen LogP) is 4.23. The first-order valence-electron chi connectivity index (χ1n) is 13.0. The number of aromatic nitrogens is 3. The molecule has 2 amide bonds. The number of sulfonamides is 1. The number of carbonyl (C=O) groups is 2. The first-order valence-corrected chi connectivity index (χ1v) is 14.5. The fourth-order valence-electron chi connectivity index (χ4n) is 4.46. The van der Waals surface area contributed by atoms with Gasteiger partial charge in [-0.1, -0.05) is 29.8 Å². The van der Waals surface area contributed by atoms with E-state index in [-0.39, 0.29) is 11.4 Å². The van der Waals surface area contributed by atoms with Crippen molar-refractivity contribution in [1.82, 2.24) is 24.6 Å². The maximum atomic E-state index is 12.4. The van der Waals surface area contributed by atoms with Crippen molar-refractivity contribution in [2.75, 3.05) is 6.54 Å². The number of hydrogen-bond donors (Lipinski definition) is 3. The average molecular weight is 564 g/mol. The number of carboxylic acid groups (broad SMARTS) is 1. The van der Waals surface area contributed by atoms with E-state index in [4.69, 9.17) is 19.9 Å². The summed E-state index contributed by atoms with van der Waals surface area (Å²) in [5.74, 6) is 1.74. The Morgan fingerprint density at radius 1 is 1.05 bits per heavy atom. The van der Waals surface area contributed by atoms with Gasteiger partial charge in [0.25, 0.3) is 16.5 Å². The van der Waals surface area contributed by atoms with Crippen molar-refractivity contribution in [2.45, 2.75) is 51.3 Å². The summed E-state index contributed by atoms with van der Waals surface area (Å²) < 4.78 is 29.0. The van der Waals surface area contributed by atoms with Gasteiger partial charge in [0, 0.05) is 24.3 Å². The van der Waals surface area contributed by atoms with Gasteiger partial charge in [-0.25, -0.2) is 27.9 Å². The monoisotopic (exact) mass is 563 g/mol. The number of hydrogen-bond acceptors (Lipinski definition) is 6. The highest BCUT2D eigenvalue weighted by Gasteiger charge is 2.26. The molecule has 2 aromatic carbocycles. The zero-order chi connectivity index (χ0) is 28.9. The van der Waals surface area contributed by atoms with Crippen LogP contribution in [-0.2, 0) is 27.7 Å². The van der Waals surface area contributed by atoms with Crippen molar-refractivity contribution >= 4 is 33.7 Å². The minimum atomic E-state index is -3.91. The molecule has 210 valence electrons. The lowest BCUT2D eigenvalue weighted by Gasteiger charge is -2.11. The standard InChI is InChI=1S/C28H31N5O3S.CH2O2/c1-18-4-12-24(13-5-18)37(35,36)32-28(34)29-15-14-21-8-10-23(11-9-21)33-25(17-22-6-7-22)31-26-19(2)16-20(3)30-27(26)33;2-1-3/h4-5,8-13,16,22H,6-7,14-15,17H2,1-3H3,(H2,29,32,34);1H,(H,2,3). The van der Waals surface area contributed by atoms with Crippen molar-refractivity contribution in [3.8, 4) is 5.69 Å². The van der Waals surface area contributed by atoms with Crippen molar-refractivity contribution in [2.24, 2.45) is 5.92 Å². The molecule has 2 heterocycles. The van der Waals surface area contributed by atoms with Crippen molar-refractivity contribution in [3.05, 3.63) is 82.8 Å². The van der Waals surface area contributed by atoms with E-state index >= 15 is 0 Å². The van der Waals surface area contributed by atoms with Crippen LogP contribution in [0.3, 0.4) is 0 Å². The second kappa shape index (κ2) is 12.3. The zero-order valence-electron chi connectivity index (χ0n) is 22.7. The summed E-state index contributed by atoms with van der Waals surface area (Å²) in [5, 5.41) is 9.52. The summed E-state index contributed by atoms with van der Waals surface area (Å²) in [6, 6.07) is 15.8. The molecule has 1 saturated carbocycles. The fraction of sp³-hybridized carbons (Fsp3) is 0.310. The molecule has 2 aromatic heterocycles. The smallest absolute Gasteiger partial charge is 0.328 e. The molecule has 11 heteroatoms. The molecule has 4 aromatic rings. The third kappa shape index (κ3) is 7.03. The van der Waals surface area contributed by atoms with E-state index in [0.717, 1.165) is 51.5 Å². The van der Waals surface area contributed by atoms with Crippen LogP contribution in [0.5, 0.6) is 0 Å². The normalized spacial score (nSPS) is 12.9. The van der Waals surface area contributed by atoms with Crippen LogP contribution >= 0.6 is 0 Å². The molecule has 0 saturated heterocycles. The predicted molar refractivity (Wildman–Crippen MR) is 152 cm³/mol. The zero-order valence-corrected chi connectivity index (χ0v) is 23.5. The van der Waals surface area contributed by atoms with Crippen LogP contribution in [0.4, 0.5) is 4.79 Å². The van der Waals surface area contributed by atoms with Gasteiger partial charge in [-0.3, -0.25) is 9.36 Å². The molecule has 40 heavy (non-hydrogen) atoms. The number of carbonyl (C=O) groups excluding carboxylic acids is 1. The maximum Gasteiger partial charge on any atom is 0.328 e. The quantitative estimate of drug-likeness (QED) is 0.272. The van der Waals surface area contributed by atoms with Crippen molar-refractivity contribution < 1.29 is 23.1 Å². The largest absolute Gasteiger partial charge is 0.483 e. The van der Waals surface area contributed by atoms with Crippen LogP contribution in [0.15, 0.2) is 59.5 Å². The van der Waals surface area contributed by atoms with Crippen molar-refractivity contribution in [1.29, 1.82) is 0 Å². The van der Waals surface area contributed by atoms with Crippen LogP contribution in [0, 0.1) is 26.7 Å². The number of amides is 2. The van der Waals surface area contributed by atoms with Gasteiger partial charge in [0.1, 0.15) is 11.3 Å². The Bertz CT molecular complexity index is 1610. The highest BCUT2D eigenvalue weighted by Crippen LogP contribution is 2.34. The van der Waals surface area contributed by atoms with Crippen LogP contribution in [-0.4, -0.2) is 47.1 Å². The summed E-state index contributed by atoms with van der Waals surface area (Å²) >= 11 is 0. The summed E-state index contributed by atoms with van der Waals surface area (Å²) in [4.78, 5) is 30.4. The average Bonchev–Trinajstić information content (AvgIpc) is 3.64. The summed E-state index contributed by atoms with van der Waals surface area (Å²) in [6.45, 7) is 6.00. The van der Waals surface area contributed by atoms with Gasteiger partial charge in [0.05, 0.1) is 4.90 Å². The number of rotatable bonds is 8. The molecule has 0 aliphatic heterocycles. The lowest BCUT2D eigenvalue weighted by molar-refractivity contribution is -0.122. The molecular weight excluding hydrogens is 530 g/mol. The third-order valence-corrected chi connectivity index (χ3v) is 7.97. The Hall–Kier alpha value is -4.25. The SMILES string of the molecule is Cc1ccc(S(=O)(=O)NC(=O)NCCc2ccc(-n3c(CC4CC4)nc4c(C)cc(C)nc43)cc2)cc1.O=CO. The van der Waals surface area contributed by atoms with E-state index in [1.807, 2.05) is 38.1 Å². The molecule has 0 spiro atoms. The fourth-order valence-corrected chi connectivity index (χ4v) is 5.39. The number of imidazole rings is 1. The molecule has 1 aliphatic rings. The van der Waals surface area contributed by atoms with Crippen molar-refractivity contribution in [3.63, 3.8) is 0 Å². The van der Waals surface area contributed by atoms with E-state index < -0.39 is 16.1 Å². The van der Waals surface area contributed by atoms with Gasteiger partial charge < -0.3 is 10.4 Å². The summed E-state index contributed by atoms with van der Waals surface area (Å²) in [5.41, 5.74) is 6.90. The number of urea groups is 1.